The number of aromatic hydroxyl groups is 1. The second kappa shape index (κ2) is 10.6. The molecule has 140 valence electrons. The highest BCUT2D eigenvalue weighted by Crippen LogP contribution is 2.27. The van der Waals surface area contributed by atoms with Crippen molar-refractivity contribution < 1.29 is 28.9 Å². The Labute approximate surface area is 149 Å². The predicted octanol–water partition coefficient (Wildman–Crippen LogP) is 3.39. The summed E-state index contributed by atoms with van der Waals surface area (Å²) in [4.78, 5) is 22.6. The molecular weight excluding hydrogens is 324 g/mol. The number of ether oxygens (including phenoxy) is 3. The number of phenolic OH excluding ortho intramolecular Hbond substituents is 1. The summed E-state index contributed by atoms with van der Waals surface area (Å²) in [6, 6.07) is 5.14. The van der Waals surface area contributed by atoms with Gasteiger partial charge < -0.3 is 19.3 Å². The summed E-state index contributed by atoms with van der Waals surface area (Å²) < 4.78 is 15.8. The Kier molecular flexibility index (Phi) is 8.81. The van der Waals surface area contributed by atoms with Gasteiger partial charge in [-0.1, -0.05) is 19.4 Å². The highest BCUT2D eigenvalue weighted by molar-refractivity contribution is 5.66. The van der Waals surface area contributed by atoms with E-state index >= 15 is 0 Å². The molecule has 2 atom stereocenters. The van der Waals surface area contributed by atoms with Crippen molar-refractivity contribution >= 4 is 11.9 Å². The molecule has 6 nitrogen and oxygen atoms in total. The van der Waals surface area contributed by atoms with Crippen molar-refractivity contribution in [3.8, 4) is 11.5 Å². The van der Waals surface area contributed by atoms with Crippen LogP contribution in [0.4, 0.5) is 0 Å². The average Bonchev–Trinajstić information content (AvgIpc) is 2.53. The number of rotatable bonds is 10. The predicted molar refractivity (Wildman–Crippen MR) is 93.6 cm³/mol. The number of benzene rings is 1. The fourth-order valence-electron chi connectivity index (χ4n) is 2.74. The molecule has 1 N–H and O–H groups in total. The van der Waals surface area contributed by atoms with E-state index in [1.807, 2.05) is 6.92 Å². The number of carbonyl (C=O) groups excluding carboxylic acids is 2. The number of esters is 2. The summed E-state index contributed by atoms with van der Waals surface area (Å²) in [7, 11) is 1.49. The van der Waals surface area contributed by atoms with Crippen LogP contribution in [0.25, 0.3) is 0 Å². The lowest BCUT2D eigenvalue weighted by molar-refractivity contribution is -0.153. The van der Waals surface area contributed by atoms with Gasteiger partial charge in [0.15, 0.2) is 11.5 Å². The van der Waals surface area contributed by atoms with Gasteiger partial charge in [-0.2, -0.15) is 0 Å². The molecule has 0 aromatic heterocycles. The third-order valence-electron chi connectivity index (χ3n) is 3.80. The van der Waals surface area contributed by atoms with Crippen LogP contribution in [0.5, 0.6) is 11.5 Å². The molecule has 1 aromatic rings. The van der Waals surface area contributed by atoms with E-state index in [0.717, 1.165) is 18.4 Å². The third kappa shape index (κ3) is 7.92. The van der Waals surface area contributed by atoms with Crippen LogP contribution in [0, 0.1) is 0 Å². The van der Waals surface area contributed by atoms with E-state index in [1.165, 1.54) is 21.0 Å². The van der Waals surface area contributed by atoms with E-state index in [-0.39, 0.29) is 29.9 Å². The summed E-state index contributed by atoms with van der Waals surface area (Å²) in [5.41, 5.74) is 0.964. The Morgan fingerprint density at radius 1 is 1.08 bits per heavy atom. The van der Waals surface area contributed by atoms with Crippen LogP contribution >= 0.6 is 0 Å². The zero-order chi connectivity index (χ0) is 18.8. The molecule has 0 aliphatic rings. The first-order valence-electron chi connectivity index (χ1n) is 8.56. The highest BCUT2D eigenvalue weighted by atomic mass is 16.6. The minimum Gasteiger partial charge on any atom is -0.504 e. The molecule has 1 rings (SSSR count). The minimum absolute atomic E-state index is 0.0839. The van der Waals surface area contributed by atoms with Gasteiger partial charge in [-0.15, -0.1) is 0 Å². The van der Waals surface area contributed by atoms with Crippen LogP contribution < -0.4 is 4.74 Å². The molecule has 0 unspecified atom stereocenters. The van der Waals surface area contributed by atoms with Gasteiger partial charge >= 0.3 is 11.9 Å². The number of phenols is 1. The molecule has 0 radical (unpaired) electrons. The maximum atomic E-state index is 11.4. The van der Waals surface area contributed by atoms with E-state index in [9.17, 15) is 14.7 Å². The fraction of sp³-hybridized carbons (Fsp3) is 0.579. The lowest BCUT2D eigenvalue weighted by Crippen LogP contribution is -2.26. The number of methoxy groups -OCH3 is 1. The Hall–Kier alpha value is -2.24. The van der Waals surface area contributed by atoms with Crippen molar-refractivity contribution in [2.24, 2.45) is 0 Å². The fourth-order valence-corrected chi connectivity index (χ4v) is 2.74. The Morgan fingerprint density at radius 3 is 2.20 bits per heavy atom. The lowest BCUT2D eigenvalue weighted by Gasteiger charge is -2.23. The minimum atomic E-state index is -0.355. The molecule has 0 bridgehead atoms. The van der Waals surface area contributed by atoms with Gasteiger partial charge in [-0.25, -0.2) is 0 Å². The molecule has 0 heterocycles. The second-order valence-corrected chi connectivity index (χ2v) is 6.03. The molecule has 1 aromatic carbocycles. The quantitative estimate of drug-likeness (QED) is 0.650. The van der Waals surface area contributed by atoms with Crippen LogP contribution in [0.1, 0.15) is 52.0 Å². The summed E-state index contributed by atoms with van der Waals surface area (Å²) >= 11 is 0. The van der Waals surface area contributed by atoms with E-state index in [0.29, 0.717) is 25.0 Å². The SMILES string of the molecule is CCC[C@H](C[C@H](CCc1ccc(O)c(OC)c1)OC(C)=O)OC(C)=O. The molecular formula is C19H28O6. The van der Waals surface area contributed by atoms with Gasteiger partial charge in [0.05, 0.1) is 7.11 Å². The molecule has 0 amide bonds. The molecule has 0 fully saturated rings. The topological polar surface area (TPSA) is 82.1 Å². The molecule has 0 aliphatic heterocycles. The monoisotopic (exact) mass is 352 g/mol. The summed E-state index contributed by atoms with van der Waals surface area (Å²) in [5.74, 6) is -0.194. The first kappa shape index (κ1) is 20.8. The van der Waals surface area contributed by atoms with Gasteiger partial charge in [0.25, 0.3) is 0 Å². The van der Waals surface area contributed by atoms with Crippen molar-refractivity contribution in [2.45, 2.75) is 65.1 Å². The Morgan fingerprint density at radius 2 is 1.68 bits per heavy atom. The van der Waals surface area contributed by atoms with Gasteiger partial charge in [0.1, 0.15) is 12.2 Å². The Bertz CT molecular complexity index is 569. The second-order valence-electron chi connectivity index (χ2n) is 6.03. The number of carbonyl (C=O) groups is 2. The van der Waals surface area contributed by atoms with Crippen molar-refractivity contribution in [3.63, 3.8) is 0 Å². The molecule has 6 heteroatoms. The van der Waals surface area contributed by atoms with Crippen LogP contribution in [-0.4, -0.2) is 36.4 Å². The Balaban J connectivity index is 2.74. The van der Waals surface area contributed by atoms with Gasteiger partial charge in [0, 0.05) is 20.3 Å². The first-order valence-corrected chi connectivity index (χ1v) is 8.56. The van der Waals surface area contributed by atoms with E-state index in [1.54, 1.807) is 18.2 Å². The van der Waals surface area contributed by atoms with Crippen LogP contribution in [0.15, 0.2) is 18.2 Å². The third-order valence-corrected chi connectivity index (χ3v) is 3.80. The molecule has 25 heavy (non-hydrogen) atoms. The zero-order valence-corrected chi connectivity index (χ0v) is 15.4. The summed E-state index contributed by atoms with van der Waals surface area (Å²) in [5, 5.41) is 9.65. The molecule has 0 spiro atoms. The maximum absolute atomic E-state index is 11.4. The number of hydrogen-bond donors (Lipinski definition) is 1. The molecule has 0 saturated carbocycles. The van der Waals surface area contributed by atoms with Crippen molar-refractivity contribution in [1.82, 2.24) is 0 Å². The lowest BCUT2D eigenvalue weighted by atomic mass is 10.00. The van der Waals surface area contributed by atoms with E-state index in [4.69, 9.17) is 14.2 Å². The van der Waals surface area contributed by atoms with Crippen molar-refractivity contribution in [2.75, 3.05) is 7.11 Å². The number of aryl methyl sites for hydroxylation is 1. The maximum Gasteiger partial charge on any atom is 0.302 e. The summed E-state index contributed by atoms with van der Waals surface area (Å²) in [6.45, 7) is 4.77. The van der Waals surface area contributed by atoms with Crippen LogP contribution in [0.2, 0.25) is 0 Å². The average molecular weight is 352 g/mol. The summed E-state index contributed by atoms with van der Waals surface area (Å²) in [6.07, 6.45) is 2.71. The number of hydrogen-bond acceptors (Lipinski definition) is 6. The van der Waals surface area contributed by atoms with E-state index in [2.05, 4.69) is 0 Å². The molecule has 0 aliphatic carbocycles. The zero-order valence-electron chi connectivity index (χ0n) is 15.4. The van der Waals surface area contributed by atoms with Gasteiger partial charge in [-0.3, -0.25) is 9.59 Å². The first-order chi connectivity index (χ1) is 11.8. The highest BCUT2D eigenvalue weighted by Gasteiger charge is 2.21. The van der Waals surface area contributed by atoms with Crippen LogP contribution in [0.3, 0.4) is 0 Å². The normalized spacial score (nSPS) is 13.0. The van der Waals surface area contributed by atoms with E-state index < -0.39 is 0 Å². The van der Waals surface area contributed by atoms with Crippen LogP contribution in [-0.2, 0) is 25.5 Å². The standard InChI is InChI=1S/C19H28O6/c1-5-6-16(24-13(2)20)12-17(25-14(3)21)9-7-15-8-10-18(22)19(11-15)23-4/h8,10-11,16-17,22H,5-7,9,12H2,1-4H3/t16-,17+/m1/s1. The van der Waals surface area contributed by atoms with Crippen molar-refractivity contribution in [1.29, 1.82) is 0 Å². The van der Waals surface area contributed by atoms with Crippen molar-refractivity contribution in [3.05, 3.63) is 23.8 Å². The largest absolute Gasteiger partial charge is 0.504 e. The molecule has 0 saturated heterocycles. The smallest absolute Gasteiger partial charge is 0.302 e. The van der Waals surface area contributed by atoms with Gasteiger partial charge in [0.2, 0.25) is 0 Å². The van der Waals surface area contributed by atoms with Gasteiger partial charge in [-0.05, 0) is 37.0 Å².